The zero-order valence-electron chi connectivity index (χ0n) is 22.8. The van der Waals surface area contributed by atoms with Crippen LogP contribution in [0.1, 0.15) is 38.7 Å². The van der Waals surface area contributed by atoms with E-state index in [1.165, 1.54) is 11.1 Å². The number of nitrogens with zero attached hydrogens (tertiary/aromatic N) is 2. The molecule has 0 aromatic heterocycles. The summed E-state index contributed by atoms with van der Waals surface area (Å²) in [6, 6.07) is 5.92. The Balaban J connectivity index is 1.39. The molecule has 0 spiro atoms. The summed E-state index contributed by atoms with van der Waals surface area (Å²) in [4.78, 5) is 18.1. The fraction of sp³-hybridized carbons (Fsp3) is 0.633. The minimum atomic E-state index is -0.168. The van der Waals surface area contributed by atoms with Crippen molar-refractivity contribution in [2.45, 2.75) is 45.8 Å². The van der Waals surface area contributed by atoms with Gasteiger partial charge in [-0.2, -0.15) is 0 Å². The number of methoxy groups -OCH3 is 2. The predicted octanol–water partition coefficient (Wildman–Crippen LogP) is 4.07. The van der Waals surface area contributed by atoms with E-state index in [1.54, 1.807) is 14.2 Å². The summed E-state index contributed by atoms with van der Waals surface area (Å²) in [7, 11) is 3.38. The average molecular weight is 511 g/mol. The minimum absolute atomic E-state index is 0.0235. The highest BCUT2D eigenvalue weighted by atomic mass is 16.6. The molecule has 2 aliphatic carbocycles. The highest BCUT2D eigenvalue weighted by Gasteiger charge is 2.51. The van der Waals surface area contributed by atoms with Crippen molar-refractivity contribution < 1.29 is 23.7 Å². The molecule has 7 nitrogen and oxygen atoms in total. The lowest BCUT2D eigenvalue weighted by molar-refractivity contribution is -0.145. The number of ether oxygens (including phenoxy) is 4. The molecule has 0 saturated carbocycles. The maximum atomic E-state index is 13.3. The number of esters is 1. The molecule has 0 amide bonds. The monoisotopic (exact) mass is 510 g/mol. The Kier molecular flexibility index (Phi) is 7.93. The molecule has 0 radical (unpaired) electrons. The number of allylic oxidation sites excluding steroid dienone is 3. The number of carbonyl (C=O) groups excluding carboxylic acids is 1. The molecule has 37 heavy (non-hydrogen) atoms. The fourth-order valence-electron chi connectivity index (χ4n) is 6.70. The number of carbonyl (C=O) groups is 1. The van der Waals surface area contributed by atoms with E-state index in [0.717, 1.165) is 75.7 Å². The third-order valence-corrected chi connectivity index (χ3v) is 8.87. The third-order valence-electron chi connectivity index (χ3n) is 8.87. The van der Waals surface area contributed by atoms with Gasteiger partial charge in [0.2, 0.25) is 0 Å². The lowest BCUT2D eigenvalue weighted by Crippen LogP contribution is -2.43. The molecule has 4 atom stereocenters. The van der Waals surface area contributed by atoms with Crippen LogP contribution in [0.25, 0.3) is 0 Å². The van der Waals surface area contributed by atoms with Gasteiger partial charge in [0.1, 0.15) is 17.6 Å². The molecule has 202 valence electrons. The molecule has 0 N–H and O–H groups in total. The van der Waals surface area contributed by atoms with Gasteiger partial charge in [-0.05, 0) is 55.4 Å². The van der Waals surface area contributed by atoms with Crippen molar-refractivity contribution in [1.82, 2.24) is 9.80 Å². The molecule has 1 aromatic carbocycles. The summed E-state index contributed by atoms with van der Waals surface area (Å²) in [6.45, 7) is 11.2. The molecule has 2 heterocycles. The van der Waals surface area contributed by atoms with Crippen molar-refractivity contribution in [3.8, 4) is 11.5 Å². The normalized spacial score (nSPS) is 29.8. The lowest BCUT2D eigenvalue weighted by Gasteiger charge is -2.43. The van der Waals surface area contributed by atoms with E-state index < -0.39 is 0 Å². The molecular weight excluding hydrogens is 468 g/mol. The highest BCUT2D eigenvalue weighted by Crippen LogP contribution is 2.52. The van der Waals surface area contributed by atoms with Gasteiger partial charge in [-0.15, -0.1) is 0 Å². The first-order valence-corrected chi connectivity index (χ1v) is 13.7. The third kappa shape index (κ3) is 5.59. The van der Waals surface area contributed by atoms with Crippen LogP contribution in [0.2, 0.25) is 0 Å². The van der Waals surface area contributed by atoms with Crippen LogP contribution in [0.4, 0.5) is 0 Å². The van der Waals surface area contributed by atoms with Crippen molar-refractivity contribution in [2.75, 3.05) is 60.2 Å². The molecule has 2 fully saturated rings. The van der Waals surface area contributed by atoms with E-state index in [-0.39, 0.29) is 29.3 Å². The van der Waals surface area contributed by atoms with Crippen LogP contribution in [-0.2, 0) is 20.8 Å². The smallest absolute Gasteiger partial charge is 0.311 e. The second-order valence-corrected chi connectivity index (χ2v) is 11.3. The number of hydrogen-bond donors (Lipinski definition) is 0. The Morgan fingerprint density at radius 2 is 2.00 bits per heavy atom. The van der Waals surface area contributed by atoms with Crippen LogP contribution in [0.5, 0.6) is 11.5 Å². The van der Waals surface area contributed by atoms with Crippen molar-refractivity contribution >= 4 is 5.97 Å². The first-order valence-electron chi connectivity index (χ1n) is 13.7. The second kappa shape index (κ2) is 11.2. The van der Waals surface area contributed by atoms with Crippen molar-refractivity contribution in [2.24, 2.45) is 17.3 Å². The molecule has 4 aliphatic rings. The molecule has 1 aromatic rings. The molecule has 5 rings (SSSR count). The van der Waals surface area contributed by atoms with Gasteiger partial charge >= 0.3 is 5.97 Å². The van der Waals surface area contributed by atoms with E-state index in [0.29, 0.717) is 13.1 Å². The first-order chi connectivity index (χ1) is 17.9. The topological polar surface area (TPSA) is 60.5 Å². The molecule has 7 heteroatoms. The quantitative estimate of drug-likeness (QED) is 0.464. The van der Waals surface area contributed by atoms with Crippen LogP contribution in [0, 0.1) is 17.3 Å². The summed E-state index contributed by atoms with van der Waals surface area (Å²) in [6.07, 6.45) is 7.87. The standard InChI is InChI=1S/C30H42N2O5/c1-21-6-5-9-30(2)18-28-24(17-26(21)30)25(29(33)37-28)20-32(11-10-31-12-14-36-15-13-31)19-22-16-23(34-3)7-8-27(22)35-4/h6-8,16-17,24-25,28H,5,9-15,18-20H2,1-4H3. The number of morpholine rings is 1. The van der Waals surface area contributed by atoms with Crippen LogP contribution >= 0.6 is 0 Å². The first kappa shape index (κ1) is 26.3. The van der Waals surface area contributed by atoms with E-state index >= 15 is 0 Å². The molecule has 0 bridgehead atoms. The molecule has 2 saturated heterocycles. The Morgan fingerprint density at radius 1 is 1.19 bits per heavy atom. The largest absolute Gasteiger partial charge is 0.497 e. The summed E-state index contributed by atoms with van der Waals surface area (Å²) in [5.74, 6) is 1.54. The van der Waals surface area contributed by atoms with Crippen LogP contribution in [0.3, 0.4) is 0 Å². The van der Waals surface area contributed by atoms with Gasteiger partial charge in [0.05, 0.1) is 33.4 Å². The number of benzene rings is 1. The average Bonchev–Trinajstić information content (AvgIpc) is 3.19. The summed E-state index contributed by atoms with van der Waals surface area (Å²) in [5.41, 5.74) is 3.97. The van der Waals surface area contributed by atoms with E-state index in [1.807, 2.05) is 18.2 Å². The maximum absolute atomic E-state index is 13.3. The predicted molar refractivity (Wildman–Crippen MR) is 143 cm³/mol. The number of hydrogen-bond acceptors (Lipinski definition) is 7. The van der Waals surface area contributed by atoms with Crippen molar-refractivity contribution in [3.05, 3.63) is 47.1 Å². The highest BCUT2D eigenvalue weighted by molar-refractivity contribution is 5.76. The Bertz CT molecular complexity index is 1050. The lowest BCUT2D eigenvalue weighted by atomic mass is 9.62. The molecular formula is C30H42N2O5. The van der Waals surface area contributed by atoms with Crippen molar-refractivity contribution in [3.63, 3.8) is 0 Å². The van der Waals surface area contributed by atoms with Gasteiger partial charge in [-0.3, -0.25) is 14.6 Å². The van der Waals surface area contributed by atoms with Gasteiger partial charge < -0.3 is 18.9 Å². The van der Waals surface area contributed by atoms with Gasteiger partial charge in [0.25, 0.3) is 0 Å². The number of fused-ring (bicyclic) bond motifs is 2. The zero-order chi connectivity index (χ0) is 26.0. The van der Waals surface area contributed by atoms with Crippen LogP contribution < -0.4 is 9.47 Å². The second-order valence-electron chi connectivity index (χ2n) is 11.3. The van der Waals surface area contributed by atoms with Gasteiger partial charge in [-0.1, -0.05) is 24.6 Å². The SMILES string of the molecule is COc1ccc(OC)c(CN(CCN2CCOCC2)CC2C(=O)OC3CC4(C)CCC=C(C)C4=CC32)c1. The van der Waals surface area contributed by atoms with E-state index in [9.17, 15) is 4.79 Å². The Labute approximate surface area is 221 Å². The summed E-state index contributed by atoms with van der Waals surface area (Å²) < 4.78 is 22.8. The maximum Gasteiger partial charge on any atom is 0.311 e. The van der Waals surface area contributed by atoms with E-state index in [4.69, 9.17) is 18.9 Å². The van der Waals surface area contributed by atoms with Gasteiger partial charge in [-0.25, -0.2) is 0 Å². The Hall–Kier alpha value is -2.35. The van der Waals surface area contributed by atoms with Crippen LogP contribution in [0.15, 0.2) is 41.5 Å². The molecule has 2 aliphatic heterocycles. The fourth-order valence-corrected chi connectivity index (χ4v) is 6.70. The van der Waals surface area contributed by atoms with Crippen LogP contribution in [-0.4, -0.2) is 82.0 Å². The Morgan fingerprint density at radius 3 is 2.76 bits per heavy atom. The van der Waals surface area contributed by atoms with Gasteiger partial charge in [0, 0.05) is 50.7 Å². The van der Waals surface area contributed by atoms with Crippen molar-refractivity contribution in [1.29, 1.82) is 0 Å². The summed E-state index contributed by atoms with van der Waals surface area (Å²) in [5, 5.41) is 0. The molecule has 4 unspecified atom stereocenters. The summed E-state index contributed by atoms with van der Waals surface area (Å²) >= 11 is 0. The van der Waals surface area contributed by atoms with E-state index in [2.05, 4.69) is 35.8 Å². The zero-order valence-corrected chi connectivity index (χ0v) is 22.8. The minimum Gasteiger partial charge on any atom is -0.497 e. The van der Waals surface area contributed by atoms with Gasteiger partial charge in [0.15, 0.2) is 0 Å². The number of rotatable bonds is 9.